The maximum Gasteiger partial charge on any atom is 0.261 e. The van der Waals surface area contributed by atoms with Gasteiger partial charge in [0, 0.05) is 0 Å². The Morgan fingerprint density at radius 1 is 1.04 bits per heavy atom. The first kappa shape index (κ1) is 19.3. The van der Waals surface area contributed by atoms with Gasteiger partial charge in [0.15, 0.2) is 6.10 Å². The highest BCUT2D eigenvalue weighted by Crippen LogP contribution is 2.26. The van der Waals surface area contributed by atoms with E-state index in [-0.39, 0.29) is 11.9 Å². The Kier molecular flexibility index (Phi) is 6.38. The molecule has 0 fully saturated rings. The van der Waals surface area contributed by atoms with E-state index < -0.39 is 6.10 Å². The number of hydrogen-bond acceptors (Lipinski definition) is 3. The molecule has 1 aliphatic carbocycles. The molecule has 2 aromatic carbocycles. The summed E-state index contributed by atoms with van der Waals surface area (Å²) in [6.45, 7) is 3.95. The lowest BCUT2D eigenvalue weighted by Gasteiger charge is -2.22. The topological polar surface area (TPSA) is 47.6 Å². The first-order valence-electron chi connectivity index (χ1n) is 9.83. The van der Waals surface area contributed by atoms with Crippen LogP contribution in [0.3, 0.4) is 0 Å². The molecule has 0 heterocycles. The molecule has 27 heavy (non-hydrogen) atoms. The number of fused-ring (bicyclic) bond motifs is 1. The molecule has 3 rings (SSSR count). The summed E-state index contributed by atoms with van der Waals surface area (Å²) in [4.78, 5) is 12.7. The van der Waals surface area contributed by atoms with Crippen LogP contribution in [-0.2, 0) is 17.6 Å². The van der Waals surface area contributed by atoms with Gasteiger partial charge >= 0.3 is 0 Å². The van der Waals surface area contributed by atoms with Gasteiger partial charge in [0.25, 0.3) is 5.91 Å². The molecule has 1 N–H and O–H groups in total. The monoisotopic (exact) mass is 367 g/mol. The molecular formula is C23H29NO3. The standard InChI is InChI=1S/C23H29NO3/c1-4-22(27-21-14-11-18-7-5-6-8-19(18)15-21)23(25)24-16(2)17-9-12-20(26-3)13-10-17/h9-16,22H,4-8H2,1-3H3,(H,24,25)/t16-,22+/m0/s1. The number of nitrogens with one attached hydrogen (secondary N) is 1. The highest BCUT2D eigenvalue weighted by molar-refractivity contribution is 5.81. The van der Waals surface area contributed by atoms with Crippen LogP contribution in [0.5, 0.6) is 11.5 Å². The normalized spacial score (nSPS) is 15.4. The van der Waals surface area contributed by atoms with Crippen LogP contribution in [0.2, 0.25) is 0 Å². The minimum Gasteiger partial charge on any atom is -0.497 e. The van der Waals surface area contributed by atoms with E-state index in [1.165, 1.54) is 24.0 Å². The van der Waals surface area contributed by atoms with Crippen molar-refractivity contribution in [2.24, 2.45) is 0 Å². The first-order chi connectivity index (χ1) is 13.1. The second kappa shape index (κ2) is 8.94. The summed E-state index contributed by atoms with van der Waals surface area (Å²) in [5.41, 5.74) is 3.81. The zero-order chi connectivity index (χ0) is 19.2. The maximum absolute atomic E-state index is 12.7. The van der Waals surface area contributed by atoms with Crippen molar-refractivity contribution < 1.29 is 14.3 Å². The van der Waals surface area contributed by atoms with Gasteiger partial charge in [-0.25, -0.2) is 0 Å². The van der Waals surface area contributed by atoms with Crippen molar-refractivity contribution in [3.8, 4) is 11.5 Å². The molecule has 0 radical (unpaired) electrons. The number of ether oxygens (including phenoxy) is 2. The Balaban J connectivity index is 1.63. The molecule has 0 saturated heterocycles. The van der Waals surface area contributed by atoms with Crippen LogP contribution in [-0.4, -0.2) is 19.1 Å². The molecule has 0 unspecified atom stereocenters. The number of hydrogen-bond donors (Lipinski definition) is 1. The van der Waals surface area contributed by atoms with Crippen LogP contribution in [0.25, 0.3) is 0 Å². The molecule has 0 saturated carbocycles. The number of carbonyl (C=O) groups is 1. The predicted octanol–water partition coefficient (Wildman–Crippen LogP) is 4.61. The second-order valence-corrected chi connectivity index (χ2v) is 7.16. The highest BCUT2D eigenvalue weighted by Gasteiger charge is 2.21. The van der Waals surface area contributed by atoms with Gasteiger partial charge in [-0.2, -0.15) is 0 Å². The average molecular weight is 367 g/mol. The fourth-order valence-electron chi connectivity index (χ4n) is 3.55. The summed E-state index contributed by atoms with van der Waals surface area (Å²) in [6, 6.07) is 13.9. The largest absolute Gasteiger partial charge is 0.497 e. The van der Waals surface area contributed by atoms with Crippen LogP contribution < -0.4 is 14.8 Å². The summed E-state index contributed by atoms with van der Waals surface area (Å²) >= 11 is 0. The van der Waals surface area contributed by atoms with Gasteiger partial charge < -0.3 is 14.8 Å². The molecule has 0 aromatic heterocycles. The number of methoxy groups -OCH3 is 1. The van der Waals surface area contributed by atoms with Crippen molar-refractivity contribution in [3.63, 3.8) is 0 Å². The third-order valence-corrected chi connectivity index (χ3v) is 5.24. The van der Waals surface area contributed by atoms with E-state index >= 15 is 0 Å². The summed E-state index contributed by atoms with van der Waals surface area (Å²) in [5, 5.41) is 3.06. The lowest BCUT2D eigenvalue weighted by Crippen LogP contribution is -2.39. The van der Waals surface area contributed by atoms with E-state index in [4.69, 9.17) is 9.47 Å². The predicted molar refractivity (Wildman–Crippen MR) is 107 cm³/mol. The minimum atomic E-state index is -0.493. The summed E-state index contributed by atoms with van der Waals surface area (Å²) in [6.07, 6.45) is 4.87. The van der Waals surface area contributed by atoms with E-state index in [9.17, 15) is 4.79 Å². The minimum absolute atomic E-state index is 0.0847. The van der Waals surface area contributed by atoms with Crippen LogP contribution >= 0.6 is 0 Å². The van der Waals surface area contributed by atoms with Crippen molar-refractivity contribution in [2.75, 3.05) is 7.11 Å². The zero-order valence-electron chi connectivity index (χ0n) is 16.5. The van der Waals surface area contributed by atoms with E-state index in [1.54, 1.807) is 7.11 Å². The van der Waals surface area contributed by atoms with Gasteiger partial charge in [-0.15, -0.1) is 0 Å². The average Bonchev–Trinajstić information content (AvgIpc) is 2.71. The number of benzene rings is 2. The molecule has 144 valence electrons. The van der Waals surface area contributed by atoms with Gasteiger partial charge in [-0.05, 0) is 80.0 Å². The highest BCUT2D eigenvalue weighted by atomic mass is 16.5. The van der Waals surface area contributed by atoms with E-state index in [0.29, 0.717) is 6.42 Å². The second-order valence-electron chi connectivity index (χ2n) is 7.16. The van der Waals surface area contributed by atoms with Crippen LogP contribution in [0.4, 0.5) is 0 Å². The fraction of sp³-hybridized carbons (Fsp3) is 0.435. The Hall–Kier alpha value is -2.49. The van der Waals surface area contributed by atoms with Crippen LogP contribution in [0, 0.1) is 0 Å². The molecule has 2 atom stereocenters. The Labute approximate surface area is 161 Å². The number of amides is 1. The van der Waals surface area contributed by atoms with Gasteiger partial charge in [0.05, 0.1) is 13.2 Å². The number of carbonyl (C=O) groups excluding carboxylic acids is 1. The van der Waals surface area contributed by atoms with Crippen LogP contribution in [0.1, 0.15) is 55.8 Å². The third kappa shape index (κ3) is 4.82. The summed E-state index contributed by atoms with van der Waals surface area (Å²) in [5.74, 6) is 1.51. The van der Waals surface area contributed by atoms with Crippen LogP contribution in [0.15, 0.2) is 42.5 Å². The molecule has 1 amide bonds. The smallest absolute Gasteiger partial charge is 0.261 e. The van der Waals surface area contributed by atoms with E-state index in [0.717, 1.165) is 29.9 Å². The van der Waals surface area contributed by atoms with Crippen molar-refractivity contribution in [2.45, 2.75) is 58.1 Å². The van der Waals surface area contributed by atoms with Crippen molar-refractivity contribution in [1.29, 1.82) is 0 Å². The molecule has 1 aliphatic rings. The maximum atomic E-state index is 12.7. The van der Waals surface area contributed by atoms with Crippen molar-refractivity contribution >= 4 is 5.91 Å². The molecule has 2 aromatic rings. The molecular weight excluding hydrogens is 338 g/mol. The first-order valence-corrected chi connectivity index (χ1v) is 9.83. The summed E-state index contributed by atoms with van der Waals surface area (Å²) < 4.78 is 11.2. The lowest BCUT2D eigenvalue weighted by molar-refractivity contribution is -0.128. The lowest BCUT2D eigenvalue weighted by atomic mass is 9.92. The van der Waals surface area contributed by atoms with Gasteiger partial charge in [-0.3, -0.25) is 4.79 Å². The number of rotatable bonds is 7. The Bertz CT molecular complexity index is 770. The van der Waals surface area contributed by atoms with Crippen molar-refractivity contribution in [1.82, 2.24) is 5.32 Å². The fourth-order valence-corrected chi connectivity index (χ4v) is 3.55. The number of aryl methyl sites for hydroxylation is 2. The van der Waals surface area contributed by atoms with E-state index in [1.807, 2.05) is 44.2 Å². The quantitative estimate of drug-likeness (QED) is 0.777. The zero-order valence-corrected chi connectivity index (χ0v) is 16.5. The Morgan fingerprint density at radius 3 is 2.37 bits per heavy atom. The third-order valence-electron chi connectivity index (χ3n) is 5.24. The molecule has 4 nitrogen and oxygen atoms in total. The SMILES string of the molecule is CC[C@@H](Oc1ccc2c(c1)CCCC2)C(=O)N[C@@H](C)c1ccc(OC)cc1. The molecule has 0 spiro atoms. The van der Waals surface area contributed by atoms with Crippen molar-refractivity contribution in [3.05, 3.63) is 59.2 Å². The van der Waals surface area contributed by atoms with Gasteiger partial charge in [0.1, 0.15) is 11.5 Å². The molecule has 0 aliphatic heterocycles. The summed E-state index contributed by atoms with van der Waals surface area (Å²) in [7, 11) is 1.64. The van der Waals surface area contributed by atoms with Gasteiger partial charge in [0.2, 0.25) is 0 Å². The van der Waals surface area contributed by atoms with Gasteiger partial charge in [-0.1, -0.05) is 25.1 Å². The van der Waals surface area contributed by atoms with E-state index in [2.05, 4.69) is 17.4 Å². The molecule has 4 heteroatoms. The molecule has 0 bridgehead atoms. The Morgan fingerprint density at radius 2 is 1.70 bits per heavy atom.